The van der Waals surface area contributed by atoms with E-state index in [0.29, 0.717) is 5.56 Å². The summed E-state index contributed by atoms with van der Waals surface area (Å²) in [6, 6.07) is 8.14. The van der Waals surface area contributed by atoms with E-state index >= 15 is 0 Å². The van der Waals surface area contributed by atoms with Crippen LogP contribution in [0.5, 0.6) is 0 Å². The maximum atomic E-state index is 13.2. The number of β-lactam (4-membered cyclic amide) rings is 1. The van der Waals surface area contributed by atoms with E-state index in [1.165, 1.54) is 14.0 Å². The van der Waals surface area contributed by atoms with E-state index in [1.54, 1.807) is 51.1 Å². The molecule has 1 fully saturated rings. The first-order chi connectivity index (χ1) is 15.3. The second-order valence-electron chi connectivity index (χ2n) is 8.83. The molecule has 2 aliphatic heterocycles. The zero-order valence-corrected chi connectivity index (χ0v) is 19.8. The number of ether oxygens (including phenoxy) is 2. The largest absolute Gasteiger partial charge is 0.440 e. The molecule has 1 aromatic rings. The number of benzene rings is 1. The Kier molecular flexibility index (Phi) is 6.49. The van der Waals surface area contributed by atoms with Crippen LogP contribution in [0, 0.1) is 5.41 Å². The predicted octanol–water partition coefficient (Wildman–Crippen LogP) is 0.787. The van der Waals surface area contributed by atoms with Gasteiger partial charge in [0.25, 0.3) is 11.8 Å². The van der Waals surface area contributed by atoms with Gasteiger partial charge in [-0.05, 0) is 19.1 Å². The van der Waals surface area contributed by atoms with Crippen molar-refractivity contribution in [3.63, 3.8) is 0 Å². The summed E-state index contributed by atoms with van der Waals surface area (Å²) in [6.07, 6.45) is -1.31. The first kappa shape index (κ1) is 24.6. The third kappa shape index (κ3) is 4.30. The van der Waals surface area contributed by atoms with E-state index < -0.39 is 62.3 Å². The van der Waals surface area contributed by atoms with Crippen molar-refractivity contribution in [2.75, 3.05) is 13.7 Å². The van der Waals surface area contributed by atoms with E-state index in [-0.39, 0.29) is 11.3 Å². The van der Waals surface area contributed by atoms with E-state index in [9.17, 15) is 27.6 Å². The molecule has 11 heteroatoms. The Labute approximate surface area is 191 Å². The van der Waals surface area contributed by atoms with Gasteiger partial charge in [-0.25, -0.2) is 8.42 Å². The topological polar surface area (TPSA) is 136 Å². The third-order valence-electron chi connectivity index (χ3n) is 5.42. The molecule has 1 unspecified atom stereocenters. The van der Waals surface area contributed by atoms with Crippen LogP contribution in [0.3, 0.4) is 0 Å². The van der Waals surface area contributed by atoms with Crippen molar-refractivity contribution in [3.8, 4) is 0 Å². The van der Waals surface area contributed by atoms with Crippen molar-refractivity contribution in [1.29, 1.82) is 0 Å². The molecule has 178 valence electrons. The quantitative estimate of drug-likeness (QED) is 0.468. The minimum atomic E-state index is -4.29. The number of hydrogen-bond acceptors (Lipinski definition) is 8. The number of amides is 2. The number of Topliss-reactive ketones (excluding diaryl/α,β-unsaturated/α-hetero) is 1. The van der Waals surface area contributed by atoms with Crippen LogP contribution in [0.25, 0.3) is 0 Å². The minimum absolute atomic E-state index is 0.0724. The summed E-state index contributed by atoms with van der Waals surface area (Å²) in [4.78, 5) is 51.1. The lowest BCUT2D eigenvalue weighted by molar-refractivity contribution is -0.162. The number of carbonyl (C=O) groups excluding carboxylic acids is 4. The summed E-state index contributed by atoms with van der Waals surface area (Å²) in [7, 11) is -3.10. The lowest BCUT2D eigenvalue weighted by Crippen LogP contribution is -2.72. The lowest BCUT2D eigenvalue weighted by atomic mass is 9.85. The fourth-order valence-corrected chi connectivity index (χ4v) is 5.86. The average molecular weight is 479 g/mol. The van der Waals surface area contributed by atoms with Crippen LogP contribution in [0.2, 0.25) is 0 Å². The zero-order valence-electron chi connectivity index (χ0n) is 18.9. The Hall–Kier alpha value is -3.05. The smallest absolute Gasteiger partial charge is 0.327 e. The highest BCUT2D eigenvalue weighted by atomic mass is 32.2. The van der Waals surface area contributed by atoms with E-state index in [2.05, 4.69) is 5.32 Å². The first-order valence-corrected chi connectivity index (χ1v) is 11.8. The van der Waals surface area contributed by atoms with Crippen molar-refractivity contribution >= 4 is 33.4 Å². The average Bonchev–Trinajstić information content (AvgIpc) is 2.75. The van der Waals surface area contributed by atoms with Crippen molar-refractivity contribution in [1.82, 2.24) is 10.2 Å². The number of sulfone groups is 1. The number of rotatable bonds is 6. The highest BCUT2D eigenvalue weighted by Crippen LogP contribution is 2.43. The number of methoxy groups -OCH3 is 1. The standard InChI is InChI=1S/C22H26N2O8S/c1-12-15(17(26)22(2,3)4)24-19(28)16(31-5)20(24)33(29,30)21(12)32-14(25)11-23-18(27)13-9-7-6-8-10-13/h6-10,16,20-21H,11H2,1-5H3,(H,23,27)/t16-,20+,21?/m0/s1. The van der Waals surface area contributed by atoms with Crippen molar-refractivity contribution < 1.29 is 37.1 Å². The number of ketones is 1. The van der Waals surface area contributed by atoms with Crippen LogP contribution in [0.4, 0.5) is 0 Å². The molecule has 0 aliphatic carbocycles. The summed E-state index contributed by atoms with van der Waals surface area (Å²) in [5, 5.41) is 0.880. The molecule has 1 aromatic carbocycles. The van der Waals surface area contributed by atoms with Crippen LogP contribution in [-0.2, 0) is 33.7 Å². The Bertz CT molecular complexity index is 1130. The number of nitrogens with zero attached hydrogens (tertiary/aromatic N) is 1. The summed E-state index contributed by atoms with van der Waals surface area (Å²) in [5.74, 6) is -2.67. The van der Waals surface area contributed by atoms with Gasteiger partial charge in [0.05, 0.1) is 5.70 Å². The molecule has 0 bridgehead atoms. The number of carbonyl (C=O) groups is 4. The molecule has 0 saturated carbocycles. The molecule has 3 atom stereocenters. The predicted molar refractivity (Wildman–Crippen MR) is 116 cm³/mol. The molecule has 1 N–H and O–H groups in total. The molecule has 1 saturated heterocycles. The Balaban J connectivity index is 1.89. The van der Waals surface area contributed by atoms with Crippen molar-refractivity contribution in [2.24, 2.45) is 5.41 Å². The van der Waals surface area contributed by atoms with Crippen LogP contribution in [0.15, 0.2) is 41.6 Å². The highest BCUT2D eigenvalue weighted by molar-refractivity contribution is 7.93. The number of allylic oxidation sites excluding steroid dienone is 1. The Morgan fingerprint density at radius 3 is 2.27 bits per heavy atom. The molecule has 2 amide bonds. The molecule has 0 aromatic heterocycles. The summed E-state index contributed by atoms with van der Waals surface area (Å²) >= 11 is 0. The maximum Gasteiger partial charge on any atom is 0.327 e. The fraction of sp³-hybridized carbons (Fsp3) is 0.455. The van der Waals surface area contributed by atoms with Gasteiger partial charge in [-0.1, -0.05) is 39.0 Å². The van der Waals surface area contributed by atoms with Gasteiger partial charge in [0.1, 0.15) is 6.54 Å². The van der Waals surface area contributed by atoms with Gasteiger partial charge in [-0.2, -0.15) is 0 Å². The zero-order chi connectivity index (χ0) is 24.7. The van der Waals surface area contributed by atoms with Crippen LogP contribution in [0.1, 0.15) is 38.1 Å². The van der Waals surface area contributed by atoms with Gasteiger partial charge in [0.2, 0.25) is 15.3 Å². The van der Waals surface area contributed by atoms with Crippen molar-refractivity contribution in [2.45, 2.75) is 44.6 Å². The van der Waals surface area contributed by atoms with Crippen molar-refractivity contribution in [3.05, 3.63) is 47.2 Å². The van der Waals surface area contributed by atoms with Gasteiger partial charge in [0.15, 0.2) is 17.3 Å². The maximum absolute atomic E-state index is 13.2. The molecule has 10 nitrogen and oxygen atoms in total. The number of esters is 1. The monoisotopic (exact) mass is 478 g/mol. The third-order valence-corrected chi connectivity index (χ3v) is 7.59. The van der Waals surface area contributed by atoms with E-state index in [0.717, 1.165) is 4.90 Å². The fourth-order valence-electron chi connectivity index (χ4n) is 3.69. The molecule has 33 heavy (non-hydrogen) atoms. The summed E-state index contributed by atoms with van der Waals surface area (Å²) in [6.45, 7) is 5.64. The molecule has 2 aliphatic rings. The van der Waals surface area contributed by atoms with Gasteiger partial charge in [0, 0.05) is 23.7 Å². The lowest BCUT2D eigenvalue weighted by Gasteiger charge is -2.50. The Morgan fingerprint density at radius 1 is 1.12 bits per heavy atom. The van der Waals surface area contributed by atoms with Crippen LogP contribution in [-0.4, -0.2) is 67.5 Å². The van der Waals surface area contributed by atoms with E-state index in [4.69, 9.17) is 9.47 Å². The van der Waals surface area contributed by atoms with Crippen LogP contribution < -0.4 is 5.32 Å². The summed E-state index contributed by atoms with van der Waals surface area (Å²) in [5.41, 5.74) is -2.61. The number of hydrogen-bond donors (Lipinski definition) is 1. The molecule has 2 heterocycles. The SMILES string of the molecule is CO[C@H]1C(=O)N2C(C(=O)C(C)(C)C)=C(C)C(OC(=O)CNC(=O)c3ccccc3)S(=O)(=O)[C@H]12. The number of fused-ring (bicyclic) bond motifs is 1. The van der Waals surface area contributed by atoms with Gasteiger partial charge in [-0.3, -0.25) is 24.1 Å². The normalized spacial score (nSPS) is 24.0. The molecular weight excluding hydrogens is 452 g/mol. The highest BCUT2D eigenvalue weighted by Gasteiger charge is 2.64. The van der Waals surface area contributed by atoms with Gasteiger partial charge >= 0.3 is 5.97 Å². The molecule has 0 radical (unpaired) electrons. The van der Waals surface area contributed by atoms with Gasteiger partial charge in [-0.15, -0.1) is 0 Å². The second-order valence-corrected chi connectivity index (χ2v) is 10.9. The summed E-state index contributed by atoms with van der Waals surface area (Å²) < 4.78 is 36.7. The second kappa shape index (κ2) is 8.71. The first-order valence-electron chi connectivity index (χ1n) is 10.2. The molecular formula is C22H26N2O8S. The Morgan fingerprint density at radius 2 is 1.73 bits per heavy atom. The van der Waals surface area contributed by atoms with E-state index in [1.807, 2.05) is 0 Å². The molecule has 3 rings (SSSR count). The minimum Gasteiger partial charge on any atom is -0.440 e. The van der Waals surface area contributed by atoms with Gasteiger partial charge < -0.3 is 14.8 Å². The van der Waals surface area contributed by atoms with Crippen LogP contribution >= 0.6 is 0 Å². The number of nitrogens with one attached hydrogen (secondary N) is 1. The molecule has 0 spiro atoms.